The van der Waals surface area contributed by atoms with E-state index in [0.29, 0.717) is 11.3 Å². The minimum absolute atomic E-state index is 0.383. The van der Waals surface area contributed by atoms with Crippen LogP contribution in [-0.2, 0) is 0 Å². The molecule has 0 saturated heterocycles. The molecule has 0 aliphatic rings. The fourth-order valence-electron chi connectivity index (χ4n) is 0.882. The van der Waals surface area contributed by atoms with E-state index in [1.807, 2.05) is 29.3 Å². The molecule has 0 N–H and O–H groups in total. The van der Waals surface area contributed by atoms with Crippen molar-refractivity contribution >= 4 is 23.1 Å². The Kier molecular flexibility index (Phi) is 4.02. The van der Waals surface area contributed by atoms with Gasteiger partial charge in [0.15, 0.2) is 0 Å². The van der Waals surface area contributed by atoms with Gasteiger partial charge in [-0.3, -0.25) is 0 Å². The van der Waals surface area contributed by atoms with Crippen LogP contribution in [0.5, 0.6) is 0 Å². The van der Waals surface area contributed by atoms with Crippen molar-refractivity contribution < 1.29 is 0 Å². The molecule has 1 nitrogen and oxygen atoms in total. The number of rotatable bonds is 3. The van der Waals surface area contributed by atoms with Gasteiger partial charge in [-0.1, -0.05) is 46.4 Å². The van der Waals surface area contributed by atoms with Crippen LogP contribution >= 0.6 is 23.1 Å². The molecule has 0 radical (unpaired) electrons. The summed E-state index contributed by atoms with van der Waals surface area (Å²) in [5.74, 6) is 1.74. The maximum atomic E-state index is 4.42. The molecule has 0 unspecified atom stereocenters. The van der Waals surface area contributed by atoms with E-state index >= 15 is 0 Å². The zero-order valence-electron chi connectivity index (χ0n) is 9.63. The van der Waals surface area contributed by atoms with Crippen LogP contribution in [0.1, 0.15) is 45.4 Å². The van der Waals surface area contributed by atoms with Crippen LogP contribution in [0, 0.1) is 5.41 Å². The largest absolute Gasteiger partial charge is 0.238 e. The highest BCUT2D eigenvalue weighted by molar-refractivity contribution is 8.01. The third-order valence-corrected chi connectivity index (χ3v) is 4.76. The number of nitrogens with zero attached hydrogens (tertiary/aromatic N) is 1. The Bertz CT molecular complexity index is 284. The molecule has 1 rings (SSSR count). The molecule has 0 aromatic carbocycles. The second-order valence-electron chi connectivity index (χ2n) is 5.03. The summed E-state index contributed by atoms with van der Waals surface area (Å²) in [5, 5.41) is 0. The lowest BCUT2D eigenvalue weighted by Crippen LogP contribution is -2.07. The SMILES string of the molecule is CC(C)c1cnc(SCC(C)(C)C)s1. The van der Waals surface area contributed by atoms with E-state index in [2.05, 4.69) is 39.6 Å². The molecular formula is C11H19NS2. The van der Waals surface area contributed by atoms with Crippen LogP contribution in [-0.4, -0.2) is 10.7 Å². The van der Waals surface area contributed by atoms with Crippen molar-refractivity contribution in [3.05, 3.63) is 11.1 Å². The zero-order chi connectivity index (χ0) is 10.8. The molecule has 0 bridgehead atoms. The fraction of sp³-hybridized carbons (Fsp3) is 0.727. The van der Waals surface area contributed by atoms with Crippen LogP contribution in [0.3, 0.4) is 0 Å². The summed E-state index contributed by atoms with van der Waals surface area (Å²) in [6, 6.07) is 0. The van der Waals surface area contributed by atoms with Gasteiger partial charge in [-0.05, 0) is 11.3 Å². The molecular weight excluding hydrogens is 210 g/mol. The molecule has 0 fully saturated rings. The summed E-state index contributed by atoms with van der Waals surface area (Å²) >= 11 is 3.71. The standard InChI is InChI=1S/C11H19NS2/c1-8(2)9-6-12-10(14-9)13-7-11(3,4)5/h6,8H,7H2,1-5H3. The van der Waals surface area contributed by atoms with Crippen molar-refractivity contribution in [2.24, 2.45) is 5.41 Å². The first kappa shape index (κ1) is 12.1. The van der Waals surface area contributed by atoms with E-state index in [1.165, 1.54) is 9.22 Å². The van der Waals surface area contributed by atoms with Gasteiger partial charge in [0.05, 0.1) is 0 Å². The first-order valence-electron chi connectivity index (χ1n) is 4.97. The summed E-state index contributed by atoms with van der Waals surface area (Å²) < 4.78 is 1.21. The van der Waals surface area contributed by atoms with E-state index in [4.69, 9.17) is 0 Å². The van der Waals surface area contributed by atoms with Crippen molar-refractivity contribution in [1.29, 1.82) is 0 Å². The van der Waals surface area contributed by atoms with E-state index in [-0.39, 0.29) is 0 Å². The van der Waals surface area contributed by atoms with Gasteiger partial charge in [0.25, 0.3) is 0 Å². The van der Waals surface area contributed by atoms with E-state index in [0.717, 1.165) is 5.75 Å². The fourth-order valence-corrected chi connectivity index (χ4v) is 2.91. The third-order valence-electron chi connectivity index (χ3n) is 1.70. The Morgan fingerprint density at radius 3 is 2.50 bits per heavy atom. The molecule has 14 heavy (non-hydrogen) atoms. The van der Waals surface area contributed by atoms with Crippen LogP contribution in [0.4, 0.5) is 0 Å². The number of hydrogen-bond donors (Lipinski definition) is 0. The Morgan fingerprint density at radius 1 is 1.43 bits per heavy atom. The first-order chi connectivity index (χ1) is 6.38. The van der Waals surface area contributed by atoms with E-state index in [9.17, 15) is 0 Å². The Morgan fingerprint density at radius 2 is 2.07 bits per heavy atom. The number of thiazole rings is 1. The lowest BCUT2D eigenvalue weighted by atomic mass is 10.0. The number of thioether (sulfide) groups is 1. The van der Waals surface area contributed by atoms with Gasteiger partial charge in [0.2, 0.25) is 0 Å². The Labute approximate surface area is 95.3 Å². The molecule has 3 heteroatoms. The van der Waals surface area contributed by atoms with Crippen LogP contribution in [0.15, 0.2) is 10.5 Å². The summed E-state index contributed by atoms with van der Waals surface area (Å²) in [6.45, 7) is 11.2. The van der Waals surface area contributed by atoms with Gasteiger partial charge in [-0.15, -0.1) is 11.3 Å². The Balaban J connectivity index is 2.52. The highest BCUT2D eigenvalue weighted by Crippen LogP contribution is 2.32. The maximum absolute atomic E-state index is 4.42. The highest BCUT2D eigenvalue weighted by atomic mass is 32.2. The summed E-state index contributed by atoms with van der Waals surface area (Å²) in [7, 11) is 0. The number of hydrogen-bond acceptors (Lipinski definition) is 3. The lowest BCUT2D eigenvalue weighted by molar-refractivity contribution is 0.481. The Hall–Kier alpha value is -0.0200. The molecule has 0 aliphatic heterocycles. The second kappa shape index (κ2) is 4.67. The minimum atomic E-state index is 0.383. The minimum Gasteiger partial charge on any atom is -0.238 e. The summed E-state index contributed by atoms with van der Waals surface area (Å²) in [6.07, 6.45) is 2.01. The monoisotopic (exact) mass is 229 g/mol. The van der Waals surface area contributed by atoms with Crippen molar-refractivity contribution in [3.8, 4) is 0 Å². The normalized spacial score (nSPS) is 12.4. The topological polar surface area (TPSA) is 12.9 Å². The molecule has 0 atom stereocenters. The third kappa shape index (κ3) is 4.01. The quantitative estimate of drug-likeness (QED) is 0.712. The highest BCUT2D eigenvalue weighted by Gasteiger charge is 2.12. The van der Waals surface area contributed by atoms with E-state index in [1.54, 1.807) is 0 Å². The molecule has 0 spiro atoms. The first-order valence-corrected chi connectivity index (χ1v) is 6.77. The van der Waals surface area contributed by atoms with Gasteiger partial charge < -0.3 is 0 Å². The molecule has 0 saturated carbocycles. The van der Waals surface area contributed by atoms with Crippen LogP contribution < -0.4 is 0 Å². The predicted molar refractivity (Wildman–Crippen MR) is 66.4 cm³/mol. The number of aromatic nitrogens is 1. The summed E-state index contributed by atoms with van der Waals surface area (Å²) in [4.78, 5) is 5.81. The molecule has 1 heterocycles. The summed E-state index contributed by atoms with van der Waals surface area (Å²) in [5.41, 5.74) is 0.383. The smallest absolute Gasteiger partial charge is 0.150 e. The lowest BCUT2D eigenvalue weighted by Gasteiger charge is -2.15. The van der Waals surface area contributed by atoms with Crippen molar-refractivity contribution in [2.75, 3.05) is 5.75 Å². The van der Waals surface area contributed by atoms with Gasteiger partial charge in [0, 0.05) is 16.8 Å². The van der Waals surface area contributed by atoms with Crippen molar-refractivity contribution in [1.82, 2.24) is 4.98 Å². The van der Waals surface area contributed by atoms with Gasteiger partial charge >= 0.3 is 0 Å². The average molecular weight is 229 g/mol. The average Bonchev–Trinajstić information content (AvgIpc) is 2.47. The van der Waals surface area contributed by atoms with E-state index < -0.39 is 0 Å². The molecule has 1 aromatic rings. The van der Waals surface area contributed by atoms with Gasteiger partial charge in [0.1, 0.15) is 4.34 Å². The van der Waals surface area contributed by atoms with Gasteiger partial charge in [-0.25, -0.2) is 4.98 Å². The zero-order valence-corrected chi connectivity index (χ0v) is 11.3. The van der Waals surface area contributed by atoms with Crippen LogP contribution in [0.25, 0.3) is 0 Å². The van der Waals surface area contributed by atoms with Crippen LogP contribution in [0.2, 0.25) is 0 Å². The van der Waals surface area contributed by atoms with Crippen molar-refractivity contribution in [3.63, 3.8) is 0 Å². The molecule has 80 valence electrons. The molecule has 0 aliphatic carbocycles. The molecule has 0 amide bonds. The predicted octanol–water partition coefficient (Wildman–Crippen LogP) is 4.40. The molecule has 1 aromatic heterocycles. The second-order valence-corrected chi connectivity index (χ2v) is 7.32. The van der Waals surface area contributed by atoms with Gasteiger partial charge in [-0.2, -0.15) is 0 Å². The van der Waals surface area contributed by atoms with Crippen molar-refractivity contribution in [2.45, 2.75) is 44.9 Å². The maximum Gasteiger partial charge on any atom is 0.150 e.